The van der Waals surface area contributed by atoms with Crippen molar-refractivity contribution in [3.8, 4) is 5.75 Å². The SMILES string of the molecule is CNC(c1ccc(C)cc1F)c1cc(Cl)ccc1OC. The minimum atomic E-state index is -0.316. The van der Waals surface area contributed by atoms with Crippen molar-refractivity contribution in [1.29, 1.82) is 0 Å². The van der Waals surface area contributed by atoms with Gasteiger partial charge >= 0.3 is 0 Å². The maximum atomic E-state index is 14.2. The first-order chi connectivity index (χ1) is 9.56. The number of hydrogen-bond acceptors (Lipinski definition) is 2. The van der Waals surface area contributed by atoms with E-state index in [4.69, 9.17) is 16.3 Å². The molecule has 0 saturated carbocycles. The van der Waals surface area contributed by atoms with E-state index in [-0.39, 0.29) is 11.9 Å². The van der Waals surface area contributed by atoms with Gasteiger partial charge < -0.3 is 10.1 Å². The van der Waals surface area contributed by atoms with Gasteiger partial charge in [0.1, 0.15) is 11.6 Å². The molecule has 0 aliphatic rings. The Morgan fingerprint density at radius 2 is 1.90 bits per heavy atom. The van der Waals surface area contributed by atoms with Gasteiger partial charge in [0.25, 0.3) is 0 Å². The van der Waals surface area contributed by atoms with E-state index in [0.29, 0.717) is 16.3 Å². The fraction of sp³-hybridized carbons (Fsp3) is 0.250. The molecule has 0 bridgehead atoms. The Morgan fingerprint density at radius 3 is 2.50 bits per heavy atom. The predicted molar refractivity (Wildman–Crippen MR) is 80.0 cm³/mol. The number of benzene rings is 2. The lowest BCUT2D eigenvalue weighted by atomic mass is 9.96. The Morgan fingerprint density at radius 1 is 1.15 bits per heavy atom. The molecule has 0 aliphatic heterocycles. The van der Waals surface area contributed by atoms with Crippen LogP contribution in [-0.4, -0.2) is 14.2 Å². The molecule has 20 heavy (non-hydrogen) atoms. The van der Waals surface area contributed by atoms with Gasteiger partial charge in [0.05, 0.1) is 13.2 Å². The maximum Gasteiger partial charge on any atom is 0.128 e. The topological polar surface area (TPSA) is 21.3 Å². The van der Waals surface area contributed by atoms with Crippen molar-refractivity contribution < 1.29 is 9.13 Å². The Balaban J connectivity index is 2.54. The van der Waals surface area contributed by atoms with Crippen LogP contribution in [0.3, 0.4) is 0 Å². The van der Waals surface area contributed by atoms with Crippen molar-refractivity contribution in [2.24, 2.45) is 0 Å². The van der Waals surface area contributed by atoms with Crippen LogP contribution in [0.1, 0.15) is 22.7 Å². The zero-order chi connectivity index (χ0) is 14.7. The zero-order valence-electron chi connectivity index (χ0n) is 11.7. The molecule has 2 nitrogen and oxygen atoms in total. The van der Waals surface area contributed by atoms with E-state index >= 15 is 0 Å². The summed E-state index contributed by atoms with van der Waals surface area (Å²) in [6, 6.07) is 10.2. The van der Waals surface area contributed by atoms with Crippen LogP contribution in [0.25, 0.3) is 0 Å². The van der Waals surface area contributed by atoms with Gasteiger partial charge in [-0.05, 0) is 43.8 Å². The molecule has 0 radical (unpaired) electrons. The summed E-state index contributed by atoms with van der Waals surface area (Å²) in [4.78, 5) is 0. The van der Waals surface area contributed by atoms with E-state index < -0.39 is 0 Å². The molecule has 0 heterocycles. The number of aryl methyl sites for hydroxylation is 1. The Labute approximate surface area is 123 Å². The second-order valence-corrected chi connectivity index (χ2v) is 5.07. The van der Waals surface area contributed by atoms with E-state index in [1.165, 1.54) is 6.07 Å². The van der Waals surface area contributed by atoms with E-state index in [9.17, 15) is 4.39 Å². The molecule has 0 aliphatic carbocycles. The van der Waals surface area contributed by atoms with Gasteiger partial charge in [-0.1, -0.05) is 23.7 Å². The van der Waals surface area contributed by atoms with Crippen molar-refractivity contribution in [3.63, 3.8) is 0 Å². The highest BCUT2D eigenvalue weighted by atomic mass is 35.5. The average molecular weight is 294 g/mol. The summed E-state index contributed by atoms with van der Waals surface area (Å²) in [7, 11) is 3.37. The fourth-order valence-corrected chi connectivity index (χ4v) is 2.46. The first-order valence-corrected chi connectivity index (χ1v) is 6.71. The number of methoxy groups -OCH3 is 1. The lowest BCUT2D eigenvalue weighted by molar-refractivity contribution is 0.404. The molecular weight excluding hydrogens is 277 g/mol. The smallest absolute Gasteiger partial charge is 0.128 e. The molecule has 1 N–H and O–H groups in total. The summed E-state index contributed by atoms with van der Waals surface area (Å²) in [6.45, 7) is 1.86. The predicted octanol–water partition coefficient (Wildman–Crippen LogP) is 4.10. The van der Waals surface area contributed by atoms with Crippen molar-refractivity contribution in [1.82, 2.24) is 5.32 Å². The van der Waals surface area contributed by atoms with Gasteiger partial charge in [0.2, 0.25) is 0 Å². The Bertz CT molecular complexity index is 615. The molecule has 2 aromatic rings. The lowest BCUT2D eigenvalue weighted by Crippen LogP contribution is -2.19. The minimum absolute atomic E-state index is 0.244. The van der Waals surface area contributed by atoms with Gasteiger partial charge in [-0.25, -0.2) is 4.39 Å². The number of rotatable bonds is 4. The first kappa shape index (κ1) is 14.8. The summed E-state index contributed by atoms with van der Waals surface area (Å²) < 4.78 is 19.5. The minimum Gasteiger partial charge on any atom is -0.496 e. The van der Waals surface area contributed by atoms with Gasteiger partial charge in [-0.15, -0.1) is 0 Å². The van der Waals surface area contributed by atoms with Crippen LogP contribution in [0.2, 0.25) is 5.02 Å². The van der Waals surface area contributed by atoms with Gasteiger partial charge in [0.15, 0.2) is 0 Å². The molecular formula is C16H17ClFNO. The largest absolute Gasteiger partial charge is 0.496 e. The molecule has 0 saturated heterocycles. The Hall–Kier alpha value is -1.58. The summed E-state index contributed by atoms with van der Waals surface area (Å²) in [5.74, 6) is 0.431. The van der Waals surface area contributed by atoms with E-state index in [1.807, 2.05) is 13.0 Å². The fourth-order valence-electron chi connectivity index (χ4n) is 2.28. The molecule has 0 spiro atoms. The molecule has 4 heteroatoms. The number of halogens is 2. The highest BCUT2D eigenvalue weighted by Crippen LogP contribution is 2.33. The van der Waals surface area contributed by atoms with Crippen LogP contribution in [-0.2, 0) is 0 Å². The van der Waals surface area contributed by atoms with Crippen LogP contribution >= 0.6 is 11.6 Å². The van der Waals surface area contributed by atoms with Gasteiger partial charge in [0, 0.05) is 16.1 Å². The molecule has 0 aromatic heterocycles. The van der Waals surface area contributed by atoms with Crippen LogP contribution in [0.5, 0.6) is 5.75 Å². The third-order valence-corrected chi connectivity index (χ3v) is 3.49. The number of nitrogens with one attached hydrogen (secondary N) is 1. The highest BCUT2D eigenvalue weighted by Gasteiger charge is 2.20. The normalized spacial score (nSPS) is 12.2. The molecule has 2 rings (SSSR count). The average Bonchev–Trinajstić information content (AvgIpc) is 2.42. The highest BCUT2D eigenvalue weighted by molar-refractivity contribution is 6.30. The van der Waals surface area contributed by atoms with Crippen LogP contribution in [0, 0.1) is 12.7 Å². The van der Waals surface area contributed by atoms with Gasteiger partial charge in [-0.3, -0.25) is 0 Å². The quantitative estimate of drug-likeness (QED) is 0.916. The molecule has 106 valence electrons. The van der Waals surface area contributed by atoms with Gasteiger partial charge in [-0.2, -0.15) is 0 Å². The van der Waals surface area contributed by atoms with Crippen LogP contribution in [0.15, 0.2) is 36.4 Å². The van der Waals surface area contributed by atoms with Crippen molar-refractivity contribution in [2.45, 2.75) is 13.0 Å². The Kier molecular flexibility index (Phi) is 4.63. The summed E-state index contributed by atoms with van der Waals surface area (Å²) in [5.41, 5.74) is 2.27. The van der Waals surface area contributed by atoms with Crippen molar-refractivity contribution >= 4 is 11.6 Å². The first-order valence-electron chi connectivity index (χ1n) is 6.33. The summed E-state index contributed by atoms with van der Waals surface area (Å²) >= 11 is 6.05. The van der Waals surface area contributed by atoms with Crippen molar-refractivity contribution in [2.75, 3.05) is 14.2 Å². The third-order valence-electron chi connectivity index (χ3n) is 3.26. The summed E-state index contributed by atoms with van der Waals surface area (Å²) in [5, 5.41) is 3.71. The molecule has 0 fully saturated rings. The lowest BCUT2D eigenvalue weighted by Gasteiger charge is -2.21. The van der Waals surface area contributed by atoms with Crippen LogP contribution < -0.4 is 10.1 Å². The molecule has 1 unspecified atom stereocenters. The number of hydrogen-bond donors (Lipinski definition) is 1. The monoisotopic (exact) mass is 293 g/mol. The third kappa shape index (κ3) is 2.94. The molecule has 0 amide bonds. The maximum absolute atomic E-state index is 14.2. The van der Waals surface area contributed by atoms with Crippen LogP contribution in [0.4, 0.5) is 4.39 Å². The van der Waals surface area contributed by atoms with E-state index in [1.54, 1.807) is 38.4 Å². The standard InChI is InChI=1S/C16H17ClFNO/c1-10-4-6-12(14(18)8-10)16(19-2)13-9-11(17)5-7-15(13)20-3/h4-9,16,19H,1-3H3. The zero-order valence-corrected chi connectivity index (χ0v) is 12.5. The number of ether oxygens (including phenoxy) is 1. The molecule has 2 aromatic carbocycles. The van der Waals surface area contributed by atoms with E-state index in [2.05, 4.69) is 5.32 Å². The van der Waals surface area contributed by atoms with E-state index in [0.717, 1.165) is 11.1 Å². The van der Waals surface area contributed by atoms with Crippen molar-refractivity contribution in [3.05, 3.63) is 63.9 Å². The summed E-state index contributed by atoms with van der Waals surface area (Å²) in [6.07, 6.45) is 0. The molecule has 1 atom stereocenters. The second kappa shape index (κ2) is 6.25. The second-order valence-electron chi connectivity index (χ2n) is 4.63.